The molecule has 7 heteroatoms. The van der Waals surface area contributed by atoms with E-state index in [1.807, 2.05) is 17.7 Å². The Bertz CT molecular complexity index is 831. The topological polar surface area (TPSA) is 61.8 Å². The molecule has 26 heavy (non-hydrogen) atoms. The van der Waals surface area contributed by atoms with E-state index < -0.39 is 6.04 Å². The molecule has 0 radical (unpaired) electrons. The van der Waals surface area contributed by atoms with E-state index in [0.717, 1.165) is 30.1 Å². The van der Waals surface area contributed by atoms with E-state index >= 15 is 0 Å². The van der Waals surface area contributed by atoms with Crippen LogP contribution in [0.15, 0.2) is 23.3 Å². The minimum absolute atomic E-state index is 0.223. The summed E-state index contributed by atoms with van der Waals surface area (Å²) < 4.78 is 4.20. The van der Waals surface area contributed by atoms with E-state index in [1.165, 1.54) is 29.1 Å². The van der Waals surface area contributed by atoms with Gasteiger partial charge >= 0.3 is 12.0 Å². The minimum atomic E-state index is -0.560. The first-order chi connectivity index (χ1) is 12.4. The van der Waals surface area contributed by atoms with Crippen LogP contribution in [0.1, 0.15) is 56.8 Å². The van der Waals surface area contributed by atoms with Crippen LogP contribution in [0.4, 0.5) is 10.7 Å². The number of amides is 3. The molecule has 1 saturated carbocycles. The van der Waals surface area contributed by atoms with E-state index in [-0.39, 0.29) is 18.5 Å². The Kier molecular flexibility index (Phi) is 3.97. The van der Waals surface area contributed by atoms with E-state index in [2.05, 4.69) is 18.1 Å². The van der Waals surface area contributed by atoms with Gasteiger partial charge in [-0.3, -0.25) is 14.6 Å². The quantitative estimate of drug-likeness (QED) is 0.617. The smallest absolute Gasteiger partial charge is 0.270 e. The second-order valence-electron chi connectivity index (χ2n) is 7.74. The van der Waals surface area contributed by atoms with Crippen LogP contribution in [0.5, 0.6) is 0 Å². The van der Waals surface area contributed by atoms with Crippen molar-refractivity contribution in [1.82, 2.24) is 14.4 Å². The number of urea groups is 1. The maximum absolute atomic E-state index is 13.1. The Morgan fingerprint density at radius 1 is 1.31 bits per heavy atom. The molecule has 3 aliphatic rings. The van der Waals surface area contributed by atoms with Gasteiger partial charge in [-0.15, -0.1) is 0 Å². The molecule has 0 aromatic carbocycles. The highest BCUT2D eigenvalue weighted by Crippen LogP contribution is 2.36. The summed E-state index contributed by atoms with van der Waals surface area (Å²) in [5.41, 5.74) is 1.90. The van der Waals surface area contributed by atoms with Crippen molar-refractivity contribution in [2.75, 3.05) is 13.6 Å². The largest absolute Gasteiger partial charge is 0.402 e. The normalized spacial score (nSPS) is 23.2. The maximum Gasteiger partial charge on any atom is 0.402 e. The number of imide groups is 1. The van der Waals surface area contributed by atoms with Crippen LogP contribution in [0.3, 0.4) is 0 Å². The summed E-state index contributed by atoms with van der Waals surface area (Å²) >= 11 is 0. The predicted molar refractivity (Wildman–Crippen MR) is 97.3 cm³/mol. The van der Waals surface area contributed by atoms with Gasteiger partial charge in [0.25, 0.3) is 5.91 Å². The molecule has 2 aliphatic heterocycles. The van der Waals surface area contributed by atoms with Crippen molar-refractivity contribution in [2.45, 2.75) is 58.0 Å². The summed E-state index contributed by atoms with van der Waals surface area (Å²) in [7, 11) is 1.69. The van der Waals surface area contributed by atoms with Crippen molar-refractivity contribution >= 4 is 23.7 Å². The lowest BCUT2D eigenvalue weighted by Crippen LogP contribution is -2.62. The van der Waals surface area contributed by atoms with Crippen molar-refractivity contribution in [2.24, 2.45) is 4.99 Å². The molecule has 0 spiro atoms. The van der Waals surface area contributed by atoms with Crippen molar-refractivity contribution in [3.8, 4) is 0 Å². The Labute approximate surface area is 153 Å². The molecule has 3 heterocycles. The van der Waals surface area contributed by atoms with Crippen LogP contribution in [0.25, 0.3) is 0 Å². The molecule has 7 nitrogen and oxygen atoms in total. The predicted octanol–water partition coefficient (Wildman–Crippen LogP) is 2.64. The Morgan fingerprint density at radius 3 is 2.65 bits per heavy atom. The number of likely N-dealkylation sites (N-methyl/N-ethyl adjacent to an activating group) is 1. The highest BCUT2D eigenvalue weighted by Gasteiger charge is 2.53. The second-order valence-corrected chi connectivity index (χ2v) is 7.74. The average molecular weight is 356 g/mol. The van der Waals surface area contributed by atoms with Gasteiger partial charge in [0.1, 0.15) is 11.9 Å². The van der Waals surface area contributed by atoms with Crippen LogP contribution >= 0.6 is 0 Å². The summed E-state index contributed by atoms with van der Waals surface area (Å²) in [6, 6.07) is -0.470. The lowest BCUT2D eigenvalue weighted by atomic mass is 9.95. The molecule has 138 valence electrons. The highest BCUT2D eigenvalue weighted by molar-refractivity contribution is 6.19. The van der Waals surface area contributed by atoms with Crippen LogP contribution in [0.2, 0.25) is 0 Å². The van der Waals surface area contributed by atoms with Gasteiger partial charge in [-0.25, -0.2) is 13.9 Å². The van der Waals surface area contributed by atoms with Crippen LogP contribution in [-0.2, 0) is 4.79 Å². The van der Waals surface area contributed by atoms with E-state index in [0.29, 0.717) is 11.9 Å². The Balaban J connectivity index is 1.77. The van der Waals surface area contributed by atoms with Gasteiger partial charge in [0.15, 0.2) is 0 Å². The third-order valence-electron chi connectivity index (χ3n) is 5.62. The molecular weight excluding hydrogens is 330 g/mol. The number of amidine groups is 1. The van der Waals surface area contributed by atoms with Crippen molar-refractivity contribution in [3.63, 3.8) is 0 Å². The number of hydrogen-bond acceptors (Lipinski definition) is 3. The molecular formula is C19H26N5O2+. The number of rotatable bonds is 3. The maximum atomic E-state index is 13.1. The summed E-state index contributed by atoms with van der Waals surface area (Å²) in [6.07, 6.45) is 8.03. The molecule has 2 fully saturated rings. The molecule has 3 amide bonds. The van der Waals surface area contributed by atoms with E-state index in [4.69, 9.17) is 4.99 Å². The number of carbonyl (C=O) groups excluding carboxylic acids is 2. The third kappa shape index (κ3) is 2.40. The van der Waals surface area contributed by atoms with Gasteiger partial charge in [-0.05, 0) is 39.5 Å². The van der Waals surface area contributed by atoms with Gasteiger partial charge in [0.05, 0.1) is 12.6 Å². The fourth-order valence-electron chi connectivity index (χ4n) is 4.41. The summed E-state index contributed by atoms with van der Waals surface area (Å²) in [5, 5.41) is 0. The lowest BCUT2D eigenvalue weighted by Gasteiger charge is -2.33. The number of carbonyl (C=O) groups is 2. The Hall–Kier alpha value is -2.44. The lowest BCUT2D eigenvalue weighted by molar-refractivity contribution is -0.677. The standard InChI is InChI=1S/C19H26N5O2/c1-12(2)10-23-17(25)15-16(21(4)19(23)26)20-18-22(15)11-13(3)24(18)14-8-6-5-7-9-14/h11,14-15H,1,5-10H2,2-4H3/q+1. The molecule has 1 saturated heterocycles. The van der Waals surface area contributed by atoms with Crippen molar-refractivity contribution in [3.05, 3.63) is 24.0 Å². The molecule has 1 atom stereocenters. The first kappa shape index (κ1) is 17.0. The average Bonchev–Trinajstić information content (AvgIpc) is 3.12. The minimum Gasteiger partial charge on any atom is -0.270 e. The molecule has 0 N–H and O–H groups in total. The third-order valence-corrected chi connectivity index (χ3v) is 5.62. The molecule has 1 aliphatic carbocycles. The number of fused-ring (bicyclic) bond motifs is 3. The fourth-order valence-corrected chi connectivity index (χ4v) is 4.41. The Morgan fingerprint density at radius 2 is 2.00 bits per heavy atom. The highest BCUT2D eigenvalue weighted by atomic mass is 16.2. The number of aliphatic imine (C=N–C) groups is 1. The first-order valence-electron chi connectivity index (χ1n) is 9.35. The summed E-state index contributed by atoms with van der Waals surface area (Å²) in [6.45, 7) is 7.98. The van der Waals surface area contributed by atoms with Crippen molar-refractivity contribution < 1.29 is 14.2 Å². The van der Waals surface area contributed by atoms with Crippen LogP contribution in [-0.4, -0.2) is 45.7 Å². The van der Waals surface area contributed by atoms with Gasteiger partial charge < -0.3 is 0 Å². The second kappa shape index (κ2) is 6.07. The molecule has 4 rings (SSSR count). The van der Waals surface area contributed by atoms with E-state index in [1.54, 1.807) is 7.05 Å². The SMILES string of the molecule is C=C(C)CN1C(=O)C2C(=Nc3n(C4CCCCC4)c(C)c[n+]32)N(C)C1=O. The molecule has 1 aromatic rings. The monoisotopic (exact) mass is 356 g/mol. The van der Waals surface area contributed by atoms with Gasteiger partial charge in [-0.1, -0.05) is 23.6 Å². The molecule has 0 bridgehead atoms. The van der Waals surface area contributed by atoms with Crippen molar-refractivity contribution in [1.29, 1.82) is 0 Å². The summed E-state index contributed by atoms with van der Waals surface area (Å²) in [4.78, 5) is 33.2. The van der Waals surface area contributed by atoms with Gasteiger partial charge in [0, 0.05) is 7.05 Å². The first-order valence-corrected chi connectivity index (χ1v) is 9.35. The molecule has 1 unspecified atom stereocenters. The molecule has 1 aromatic heterocycles. The number of nitrogens with zero attached hydrogens (tertiary/aromatic N) is 5. The number of aryl methyl sites for hydroxylation is 1. The zero-order valence-corrected chi connectivity index (χ0v) is 15.7. The summed E-state index contributed by atoms with van der Waals surface area (Å²) in [5.74, 6) is 1.09. The zero-order chi connectivity index (χ0) is 18.6. The van der Waals surface area contributed by atoms with Gasteiger partial charge in [-0.2, -0.15) is 0 Å². The van der Waals surface area contributed by atoms with Crippen LogP contribution in [0, 0.1) is 6.92 Å². The fraction of sp³-hybridized carbons (Fsp3) is 0.579. The number of hydrogen-bond donors (Lipinski definition) is 0. The van der Waals surface area contributed by atoms with E-state index in [9.17, 15) is 9.59 Å². The van der Waals surface area contributed by atoms with Gasteiger partial charge in [0.2, 0.25) is 11.9 Å². The number of imidazole rings is 1. The number of aromatic nitrogens is 2. The zero-order valence-electron chi connectivity index (χ0n) is 15.7. The van der Waals surface area contributed by atoms with Crippen LogP contribution < -0.4 is 4.57 Å².